The molecule has 27 N–H and O–H groups in total. The van der Waals surface area contributed by atoms with Gasteiger partial charge in [0.1, 0.15) is 71.4 Å². The van der Waals surface area contributed by atoms with Gasteiger partial charge in [-0.05, 0) is 107 Å². The lowest BCUT2D eigenvalue weighted by Crippen LogP contribution is -2.60. The molecule has 602 valence electrons. The molecule has 0 aliphatic carbocycles. The number of carbonyl (C=O) groups is 13. The summed E-state index contributed by atoms with van der Waals surface area (Å²) in [6, 6.07) is -5.74. The van der Waals surface area contributed by atoms with Crippen LogP contribution in [0, 0.1) is 26.1 Å². The highest BCUT2D eigenvalue weighted by Crippen LogP contribution is 2.29. The number of guanidine groups is 3. The number of hydrogen-bond acceptors (Lipinski definition) is 24. The van der Waals surface area contributed by atoms with E-state index in [1.54, 1.807) is 26.0 Å². The first-order chi connectivity index (χ1) is 51.9. The minimum atomic E-state index is -1.89. The summed E-state index contributed by atoms with van der Waals surface area (Å²) in [6.45, 7) is 2.64. The monoisotopic (exact) mass is 1550 g/mol. The molecule has 45 heteroatoms. The van der Waals surface area contributed by atoms with Gasteiger partial charge in [0.25, 0.3) is 11.4 Å². The smallest absolute Gasteiger partial charge is 0.336 e. The fourth-order valence-corrected chi connectivity index (χ4v) is 11.2. The largest absolute Gasteiger partial charge is 0.497 e. The first-order valence-electron chi connectivity index (χ1n) is 34.6. The van der Waals surface area contributed by atoms with Crippen molar-refractivity contribution in [3.05, 3.63) is 78.7 Å². The van der Waals surface area contributed by atoms with Crippen LogP contribution in [0.15, 0.2) is 66.7 Å². The summed E-state index contributed by atoms with van der Waals surface area (Å²) in [5.74, 6) is -14.2. The zero-order valence-corrected chi connectivity index (χ0v) is 60.9. The van der Waals surface area contributed by atoms with Gasteiger partial charge in [0.05, 0.1) is 36.0 Å². The summed E-state index contributed by atoms with van der Waals surface area (Å²) in [6.07, 6.45) is -2.58. The Bertz CT molecular complexity index is 4010. The molecule has 3 aromatic rings. The molecular weight excluding hydrogens is 1450 g/mol. The minimum absolute atomic E-state index is 0.00271. The average molecular weight is 1550 g/mol. The quantitative estimate of drug-likeness (QED) is 0.00625. The van der Waals surface area contributed by atoms with Crippen molar-refractivity contribution in [1.29, 1.82) is 0 Å². The number of carbonyl (C=O) groups excluding carboxylic acids is 12. The number of aliphatic imine (C=N–C) groups is 3. The number of benzene rings is 2. The van der Waals surface area contributed by atoms with Gasteiger partial charge in [-0.3, -0.25) is 97.5 Å². The van der Waals surface area contributed by atoms with E-state index in [2.05, 4.69) is 68.1 Å². The van der Waals surface area contributed by atoms with E-state index in [0.717, 1.165) is 25.1 Å². The van der Waals surface area contributed by atoms with Crippen LogP contribution >= 0.6 is 0 Å². The SMILES string of the molecule is COc1ccc2c(CC(=O)N[C@@H](CCCN=C(N)N)C(=O)N3CCC[C@@H]3C(=O)N[C@@H](CCC(N)=O)C(=O)NCC(=O)N[C@@H](CC(C)C)C(=O)N[C@H](CNc3ccc([N+](=O)[O-])cc3[N+](=O)[O-])C(=O)N[C@@H](C)C(=O)N[C@H](CCCN=C(N)N)C(=O)N[C@@H](CCC(=O)O)C(=O)N[C@H](CCCN=C(N)N)C(N)=O)cc(=O)oc2c1. The van der Waals surface area contributed by atoms with Crippen molar-refractivity contribution in [2.45, 2.75) is 165 Å². The van der Waals surface area contributed by atoms with Gasteiger partial charge in [-0.2, -0.15) is 0 Å². The summed E-state index contributed by atoms with van der Waals surface area (Å²) >= 11 is 0. The van der Waals surface area contributed by atoms with E-state index in [4.69, 9.17) is 55.0 Å². The number of rotatable bonds is 47. The molecule has 1 saturated heterocycles. The van der Waals surface area contributed by atoms with Crippen molar-refractivity contribution >= 4 is 123 Å². The van der Waals surface area contributed by atoms with E-state index in [1.165, 1.54) is 18.1 Å². The highest BCUT2D eigenvalue weighted by atomic mass is 16.6. The van der Waals surface area contributed by atoms with Crippen LogP contribution in [0.2, 0.25) is 0 Å². The van der Waals surface area contributed by atoms with Crippen molar-refractivity contribution in [3.8, 4) is 5.75 Å². The number of nitrogens with zero attached hydrogens (tertiary/aromatic N) is 6. The molecule has 0 spiro atoms. The Labute approximate surface area is 627 Å². The fourth-order valence-electron chi connectivity index (χ4n) is 11.2. The van der Waals surface area contributed by atoms with Crippen LogP contribution in [-0.2, 0) is 68.7 Å². The van der Waals surface area contributed by atoms with E-state index >= 15 is 0 Å². The number of carboxylic acid groups (broad SMARTS) is 1. The number of anilines is 1. The first-order valence-corrected chi connectivity index (χ1v) is 34.6. The molecule has 2 heterocycles. The van der Waals surface area contributed by atoms with Gasteiger partial charge < -0.3 is 118 Å². The number of ether oxygens (including phenoxy) is 1. The van der Waals surface area contributed by atoms with Crippen LogP contribution < -0.4 is 109 Å². The van der Waals surface area contributed by atoms with Crippen LogP contribution in [0.5, 0.6) is 5.75 Å². The molecule has 45 nitrogen and oxygen atoms in total. The number of amides is 12. The third kappa shape index (κ3) is 30.4. The van der Waals surface area contributed by atoms with Gasteiger partial charge in [-0.15, -0.1) is 0 Å². The second-order valence-electron chi connectivity index (χ2n) is 25.7. The first kappa shape index (κ1) is 89.4. The lowest BCUT2D eigenvalue weighted by molar-refractivity contribution is -0.393. The summed E-state index contributed by atoms with van der Waals surface area (Å²) < 4.78 is 10.5. The Morgan fingerprint density at radius 3 is 1.71 bits per heavy atom. The molecule has 9 atom stereocenters. The van der Waals surface area contributed by atoms with E-state index in [9.17, 15) is 92.5 Å². The number of nitrogens with one attached hydrogen (secondary N) is 10. The van der Waals surface area contributed by atoms with Crippen LogP contribution in [0.3, 0.4) is 0 Å². The number of non-ortho nitro benzene ring substituents is 1. The van der Waals surface area contributed by atoms with E-state index in [1.807, 2.05) is 0 Å². The topological polar surface area (TPSA) is 737 Å². The summed E-state index contributed by atoms with van der Waals surface area (Å²) in [4.78, 5) is 225. The molecule has 1 aliphatic heterocycles. The molecule has 110 heavy (non-hydrogen) atoms. The van der Waals surface area contributed by atoms with Crippen LogP contribution in [0.1, 0.15) is 110 Å². The highest BCUT2D eigenvalue weighted by Gasteiger charge is 2.40. The molecular formula is C65H96N24O21. The molecule has 1 fully saturated rings. The van der Waals surface area contributed by atoms with Gasteiger partial charge in [-0.25, -0.2) is 4.79 Å². The molecule has 0 saturated carbocycles. The van der Waals surface area contributed by atoms with Gasteiger partial charge >= 0.3 is 11.6 Å². The molecule has 4 rings (SSSR count). The number of primary amides is 2. The lowest BCUT2D eigenvalue weighted by atomic mass is 10.0. The van der Waals surface area contributed by atoms with Gasteiger partial charge in [0.2, 0.25) is 70.9 Å². The van der Waals surface area contributed by atoms with E-state index in [0.29, 0.717) is 17.2 Å². The Hall–Kier alpha value is -13.0. The Kier molecular flexibility index (Phi) is 35.9. The Morgan fingerprint density at radius 2 is 1.15 bits per heavy atom. The second-order valence-corrected chi connectivity index (χ2v) is 25.7. The number of nitrogens with two attached hydrogens (primary N) is 8. The molecule has 2 aromatic carbocycles. The Morgan fingerprint density at radius 1 is 0.609 bits per heavy atom. The maximum Gasteiger partial charge on any atom is 0.336 e. The lowest BCUT2D eigenvalue weighted by Gasteiger charge is -2.30. The van der Waals surface area contributed by atoms with Gasteiger partial charge in [0, 0.05) is 69.2 Å². The third-order valence-electron chi connectivity index (χ3n) is 16.6. The number of nitro groups is 2. The highest BCUT2D eigenvalue weighted by molar-refractivity contribution is 5.99. The van der Waals surface area contributed by atoms with Crippen LogP contribution in [-0.4, -0.2) is 215 Å². The third-order valence-corrected chi connectivity index (χ3v) is 16.6. The molecule has 1 aliphatic rings. The predicted octanol–water partition coefficient (Wildman–Crippen LogP) is -5.90. The molecule has 1 aromatic heterocycles. The van der Waals surface area contributed by atoms with Gasteiger partial charge in [-0.1, -0.05) is 13.8 Å². The number of likely N-dealkylation sites (tertiary alicyclic amines) is 1. The Balaban J connectivity index is 1.58. The van der Waals surface area contributed by atoms with E-state index in [-0.39, 0.29) is 113 Å². The zero-order chi connectivity index (χ0) is 82.1. The van der Waals surface area contributed by atoms with Crippen molar-refractivity contribution in [2.24, 2.45) is 66.8 Å². The number of hydrogen-bond donors (Lipinski definition) is 19. The van der Waals surface area contributed by atoms with Crippen molar-refractivity contribution in [1.82, 2.24) is 52.8 Å². The van der Waals surface area contributed by atoms with Gasteiger partial charge in [0.15, 0.2) is 17.9 Å². The average Bonchev–Trinajstić information content (AvgIpc) is 1.04. The number of fused-ring (bicyclic) bond motifs is 1. The normalized spacial score (nSPS) is 14.4. The van der Waals surface area contributed by atoms with Crippen molar-refractivity contribution in [2.75, 3.05) is 51.7 Å². The molecule has 0 radical (unpaired) electrons. The maximum absolute atomic E-state index is 14.5. The van der Waals surface area contributed by atoms with Crippen LogP contribution in [0.4, 0.5) is 17.1 Å². The molecule has 0 bridgehead atoms. The number of carboxylic acids is 1. The number of methoxy groups -OCH3 is 1. The van der Waals surface area contributed by atoms with Crippen molar-refractivity contribution in [3.63, 3.8) is 0 Å². The number of nitro benzene ring substituents is 2. The minimum Gasteiger partial charge on any atom is -0.497 e. The summed E-state index contributed by atoms with van der Waals surface area (Å²) in [5.41, 5.74) is 41.3. The fraction of sp³-hybridized carbons (Fsp3) is 0.523. The van der Waals surface area contributed by atoms with E-state index < -0.39 is 215 Å². The predicted molar refractivity (Wildman–Crippen MR) is 394 cm³/mol. The van der Waals surface area contributed by atoms with Crippen molar-refractivity contribution < 1.29 is 86.4 Å². The summed E-state index contributed by atoms with van der Waals surface area (Å²) in [7, 11) is 1.41. The second kappa shape index (κ2) is 44.2. The molecule has 0 unspecified atom stereocenters. The zero-order valence-electron chi connectivity index (χ0n) is 60.9. The summed E-state index contributed by atoms with van der Waals surface area (Å²) in [5, 5.41) is 58.3. The molecule has 12 amide bonds. The number of aliphatic carboxylic acids is 1. The van der Waals surface area contributed by atoms with Crippen LogP contribution in [0.25, 0.3) is 11.0 Å². The maximum atomic E-state index is 14.5. The standard InChI is InChI=1S/C65H96N24O21/c1-32(2)25-44(81-51(92)31-78-56(98)41(17-19-49(66)90)85-61(103)46-12-8-24-87(46)62(104)43(11-7-23-76-65(72)73)80-50(91)26-34-27-53(95)110-48-29-36(109-4)14-15-37(34)48)59(101)86-45(30-77-38-16-13-35(88(105)106)28-47(38)89(107)108)60(102)79-33(3)55(97)83-40(10-6-22-75-64(70)71)57(99)84-42(18-20-52(93)94)58(100)82-39(54(67)96)9-5-21-74-63(68)69/h13-16,27-29,32-33,39-46,77H,5-12,17-26,30-31H2,1-4H3,(H2,66,90)(H2,67,96)(H,78,98)(H,79,102)(H,80,91)(H,81,92)(H,82,100)(H,83,97)(H,84,99)(H,85,103)(H,86,101)(H,93,94)(H4,68,69,74)(H4,70,71,75)(H4,72,73,76)/t33-,39+,40+,41-,42-,43-,44-,45+,46+/m0/s1.